The van der Waals surface area contributed by atoms with Crippen LogP contribution >= 0.6 is 11.6 Å². The molecule has 2 aromatic rings. The predicted molar refractivity (Wildman–Crippen MR) is 102 cm³/mol. The largest absolute Gasteiger partial charge is 0.336 e. The number of nitrogens with zero attached hydrogens (tertiary/aromatic N) is 2. The molecule has 0 bridgehead atoms. The highest BCUT2D eigenvalue weighted by molar-refractivity contribution is 6.32. The summed E-state index contributed by atoms with van der Waals surface area (Å²) in [5, 5.41) is 5.52. The fraction of sp³-hybridized carbons (Fsp3) is 0.526. The Kier molecular flexibility index (Phi) is 4.38. The molecule has 2 heterocycles. The lowest BCUT2D eigenvalue weighted by molar-refractivity contribution is 0.214. The number of piperidine rings is 1. The Morgan fingerprint density at radius 3 is 2.96 bits per heavy atom. The van der Waals surface area contributed by atoms with Gasteiger partial charge in [0.1, 0.15) is 5.15 Å². The Hall–Kier alpha value is -1.72. The molecule has 0 saturated carbocycles. The van der Waals surface area contributed by atoms with Crippen LogP contribution in [0.5, 0.6) is 0 Å². The molecule has 0 unspecified atom stereocenters. The zero-order valence-corrected chi connectivity index (χ0v) is 15.6. The summed E-state index contributed by atoms with van der Waals surface area (Å²) in [7, 11) is 0. The fourth-order valence-corrected chi connectivity index (χ4v) is 4.76. The number of aromatic nitrogens is 1. The molecule has 0 radical (unpaired) electrons. The molecule has 6 heteroatoms. The van der Waals surface area contributed by atoms with Gasteiger partial charge in [-0.05, 0) is 51.3 Å². The lowest BCUT2D eigenvalue weighted by Crippen LogP contribution is -2.43. The Morgan fingerprint density at radius 1 is 1.40 bits per heavy atom. The molecular formula is C19H25ClN4O. The van der Waals surface area contributed by atoms with E-state index >= 15 is 0 Å². The number of rotatable bonds is 3. The lowest BCUT2D eigenvalue weighted by Gasteiger charge is -2.36. The number of hydrogen-bond acceptors (Lipinski definition) is 2. The first-order chi connectivity index (χ1) is 12.2. The van der Waals surface area contributed by atoms with E-state index in [1.54, 1.807) is 9.58 Å². The minimum atomic E-state index is -0.115. The first-order valence-corrected chi connectivity index (χ1v) is 9.64. The van der Waals surface area contributed by atoms with Gasteiger partial charge < -0.3 is 10.2 Å². The SMILES string of the molecule is CCN(CC)C(=O)Nn1c(Cl)c2c3c(cccc31)[C@H]1CCCN[C@@H]1C2. The van der Waals surface area contributed by atoms with Crippen LogP contribution < -0.4 is 10.7 Å². The fourth-order valence-electron chi connectivity index (χ4n) is 4.46. The van der Waals surface area contributed by atoms with Crippen LogP contribution in [0.4, 0.5) is 4.79 Å². The summed E-state index contributed by atoms with van der Waals surface area (Å²) in [6, 6.07) is 6.68. The van der Waals surface area contributed by atoms with E-state index in [9.17, 15) is 4.79 Å². The summed E-state index contributed by atoms with van der Waals surface area (Å²) < 4.78 is 1.77. The molecule has 1 aromatic heterocycles. The molecule has 134 valence electrons. The second-order valence-electron chi connectivity index (χ2n) is 6.95. The molecule has 1 aliphatic heterocycles. The quantitative estimate of drug-likeness (QED) is 0.877. The van der Waals surface area contributed by atoms with E-state index in [-0.39, 0.29) is 6.03 Å². The number of hydrogen-bond donors (Lipinski definition) is 2. The van der Waals surface area contributed by atoms with E-state index < -0.39 is 0 Å². The number of benzene rings is 1. The average Bonchev–Trinajstić information content (AvgIpc) is 2.90. The van der Waals surface area contributed by atoms with Crippen molar-refractivity contribution in [2.24, 2.45) is 0 Å². The predicted octanol–water partition coefficient (Wildman–Crippen LogP) is 3.69. The molecule has 2 atom stereocenters. The van der Waals surface area contributed by atoms with E-state index in [1.165, 1.54) is 23.8 Å². The average molecular weight is 361 g/mol. The van der Waals surface area contributed by atoms with Crippen molar-refractivity contribution in [3.05, 3.63) is 34.5 Å². The maximum absolute atomic E-state index is 12.5. The summed E-state index contributed by atoms with van der Waals surface area (Å²) in [4.78, 5) is 14.3. The van der Waals surface area contributed by atoms with Crippen LogP contribution in [0.3, 0.4) is 0 Å². The lowest BCUT2D eigenvalue weighted by atomic mass is 9.76. The molecule has 5 nitrogen and oxygen atoms in total. The van der Waals surface area contributed by atoms with E-state index in [0.29, 0.717) is 30.2 Å². The molecule has 4 rings (SSSR count). The van der Waals surface area contributed by atoms with Crippen molar-refractivity contribution >= 4 is 28.5 Å². The highest BCUT2D eigenvalue weighted by Gasteiger charge is 2.35. The van der Waals surface area contributed by atoms with Crippen molar-refractivity contribution in [2.75, 3.05) is 25.1 Å². The monoisotopic (exact) mass is 360 g/mol. The Morgan fingerprint density at radius 2 is 2.20 bits per heavy atom. The smallest absolute Gasteiger partial charge is 0.324 e. The van der Waals surface area contributed by atoms with E-state index in [0.717, 1.165) is 24.0 Å². The van der Waals surface area contributed by atoms with Gasteiger partial charge in [0.15, 0.2) is 0 Å². The third-order valence-electron chi connectivity index (χ3n) is 5.73. The molecular weight excluding hydrogens is 336 g/mol. The zero-order chi connectivity index (χ0) is 17.6. The van der Waals surface area contributed by atoms with Gasteiger partial charge in [-0.2, -0.15) is 0 Å². The van der Waals surface area contributed by atoms with Crippen LogP contribution in [-0.4, -0.2) is 41.3 Å². The number of carbonyl (C=O) groups excluding carboxylic acids is 1. The molecule has 2 aliphatic rings. The first-order valence-electron chi connectivity index (χ1n) is 9.26. The molecule has 1 aliphatic carbocycles. The van der Waals surface area contributed by atoms with Gasteiger partial charge in [-0.1, -0.05) is 23.7 Å². The molecule has 2 amide bonds. The molecule has 1 saturated heterocycles. The van der Waals surface area contributed by atoms with Gasteiger partial charge in [0, 0.05) is 36.0 Å². The highest BCUT2D eigenvalue weighted by Crippen LogP contribution is 2.44. The van der Waals surface area contributed by atoms with E-state index in [2.05, 4.69) is 22.9 Å². The van der Waals surface area contributed by atoms with Gasteiger partial charge in [-0.3, -0.25) is 0 Å². The van der Waals surface area contributed by atoms with Gasteiger partial charge in [0.2, 0.25) is 0 Å². The Balaban J connectivity index is 1.80. The van der Waals surface area contributed by atoms with Crippen LogP contribution in [-0.2, 0) is 6.42 Å². The van der Waals surface area contributed by atoms with Gasteiger partial charge in [0.25, 0.3) is 0 Å². The second-order valence-corrected chi connectivity index (χ2v) is 7.31. The van der Waals surface area contributed by atoms with Crippen molar-refractivity contribution in [1.29, 1.82) is 0 Å². The van der Waals surface area contributed by atoms with E-state index in [1.807, 2.05) is 19.9 Å². The topological polar surface area (TPSA) is 49.3 Å². The molecule has 1 aromatic carbocycles. The van der Waals surface area contributed by atoms with Crippen molar-refractivity contribution in [3.8, 4) is 0 Å². The van der Waals surface area contributed by atoms with Crippen LogP contribution in [0.15, 0.2) is 18.2 Å². The van der Waals surface area contributed by atoms with Crippen LogP contribution in [0, 0.1) is 0 Å². The summed E-state index contributed by atoms with van der Waals surface area (Å²) in [5.41, 5.74) is 6.52. The summed E-state index contributed by atoms with van der Waals surface area (Å²) >= 11 is 6.73. The molecule has 1 fully saturated rings. The third-order valence-corrected chi connectivity index (χ3v) is 6.13. The minimum absolute atomic E-state index is 0.115. The van der Waals surface area contributed by atoms with Gasteiger partial charge in [-0.15, -0.1) is 0 Å². The van der Waals surface area contributed by atoms with Crippen molar-refractivity contribution < 1.29 is 4.79 Å². The van der Waals surface area contributed by atoms with Crippen molar-refractivity contribution in [2.45, 2.75) is 45.1 Å². The highest BCUT2D eigenvalue weighted by atomic mass is 35.5. The summed E-state index contributed by atoms with van der Waals surface area (Å²) in [6.07, 6.45) is 3.34. The third kappa shape index (κ3) is 2.61. The van der Waals surface area contributed by atoms with Crippen LogP contribution in [0.1, 0.15) is 43.7 Å². The van der Waals surface area contributed by atoms with Crippen LogP contribution in [0.2, 0.25) is 5.15 Å². The van der Waals surface area contributed by atoms with Crippen molar-refractivity contribution in [1.82, 2.24) is 14.9 Å². The number of carbonyl (C=O) groups is 1. The Labute approximate surface area is 153 Å². The zero-order valence-electron chi connectivity index (χ0n) is 14.8. The molecule has 2 N–H and O–H groups in total. The number of urea groups is 1. The molecule has 25 heavy (non-hydrogen) atoms. The number of nitrogens with one attached hydrogen (secondary N) is 2. The summed E-state index contributed by atoms with van der Waals surface area (Å²) in [5.74, 6) is 0.537. The first kappa shape index (κ1) is 16.7. The van der Waals surface area contributed by atoms with Gasteiger partial charge in [-0.25, -0.2) is 14.9 Å². The van der Waals surface area contributed by atoms with Gasteiger partial charge >= 0.3 is 6.03 Å². The number of halogens is 1. The normalized spacial score (nSPS) is 21.9. The number of amides is 2. The Bertz CT molecular complexity index is 811. The van der Waals surface area contributed by atoms with Crippen LogP contribution in [0.25, 0.3) is 10.9 Å². The molecule has 0 spiro atoms. The summed E-state index contributed by atoms with van der Waals surface area (Å²) in [6.45, 7) is 6.37. The van der Waals surface area contributed by atoms with Gasteiger partial charge in [0.05, 0.1) is 5.52 Å². The minimum Gasteiger partial charge on any atom is -0.324 e. The van der Waals surface area contributed by atoms with E-state index in [4.69, 9.17) is 11.6 Å². The maximum Gasteiger partial charge on any atom is 0.336 e. The van der Waals surface area contributed by atoms with Crippen molar-refractivity contribution in [3.63, 3.8) is 0 Å². The maximum atomic E-state index is 12.5. The second kappa shape index (κ2) is 6.54. The standard InChI is InChI=1S/C19H25ClN4O/c1-3-23(4-2)19(25)22-24-16-9-5-7-13-12-8-6-10-21-15(12)11-14(17(13)16)18(24)20/h5,7,9,12,15,21H,3-4,6,8,10-11H2,1-2H3,(H,22,25)/t12-,15-/m1/s1. The number of fused-ring (bicyclic) bond motifs is 2.